The van der Waals surface area contributed by atoms with E-state index in [0.717, 1.165) is 27.6 Å². The highest BCUT2D eigenvalue weighted by Gasteiger charge is 2.19. The predicted molar refractivity (Wildman–Crippen MR) is 122 cm³/mol. The van der Waals surface area contributed by atoms with E-state index >= 15 is 0 Å². The highest BCUT2D eigenvalue weighted by molar-refractivity contribution is 5.97. The summed E-state index contributed by atoms with van der Waals surface area (Å²) in [6, 6.07) is 14.9. The minimum atomic E-state index is -0.565. The number of nitrogens with zero attached hydrogens (tertiary/aromatic N) is 2. The van der Waals surface area contributed by atoms with Gasteiger partial charge in [-0.3, -0.25) is 14.8 Å². The molecule has 32 heavy (non-hydrogen) atoms. The van der Waals surface area contributed by atoms with E-state index in [1.165, 1.54) is 0 Å². The summed E-state index contributed by atoms with van der Waals surface area (Å²) in [5.41, 5.74) is 3.74. The maximum absolute atomic E-state index is 12.6. The van der Waals surface area contributed by atoms with Gasteiger partial charge in [0.1, 0.15) is 17.0 Å². The van der Waals surface area contributed by atoms with Gasteiger partial charge in [0.15, 0.2) is 0 Å². The van der Waals surface area contributed by atoms with Crippen molar-refractivity contribution in [1.82, 2.24) is 20.3 Å². The molecule has 0 unspecified atom stereocenters. The molecule has 3 heterocycles. The van der Waals surface area contributed by atoms with E-state index in [9.17, 15) is 9.59 Å². The zero-order valence-corrected chi connectivity index (χ0v) is 18.2. The number of amides is 1. The number of carbonyl (C=O) groups excluding carboxylic acids is 2. The Kier molecular flexibility index (Phi) is 5.73. The minimum Gasteiger partial charge on any atom is -0.455 e. The molecule has 0 aliphatic rings. The lowest BCUT2D eigenvalue weighted by molar-refractivity contribution is 0.00638. The van der Waals surface area contributed by atoms with Gasteiger partial charge in [0.05, 0.1) is 0 Å². The topological polar surface area (TPSA) is 97.0 Å². The molecule has 3 aromatic heterocycles. The van der Waals surface area contributed by atoms with Crippen LogP contribution in [0.4, 0.5) is 0 Å². The lowest BCUT2D eigenvalue weighted by atomic mass is 10.0. The molecule has 0 saturated heterocycles. The third-order valence-corrected chi connectivity index (χ3v) is 4.77. The number of esters is 1. The van der Waals surface area contributed by atoms with Crippen molar-refractivity contribution in [2.24, 2.45) is 0 Å². The van der Waals surface area contributed by atoms with E-state index in [1.54, 1.807) is 30.7 Å². The number of pyridine rings is 2. The number of carbonyl (C=O) groups is 2. The van der Waals surface area contributed by atoms with Crippen molar-refractivity contribution in [2.75, 3.05) is 0 Å². The molecule has 7 nitrogen and oxygen atoms in total. The monoisotopic (exact) mass is 428 g/mol. The van der Waals surface area contributed by atoms with Gasteiger partial charge in [-0.25, -0.2) is 4.79 Å². The molecule has 2 N–H and O–H groups in total. The number of H-pyrrole nitrogens is 1. The van der Waals surface area contributed by atoms with Gasteiger partial charge in [0.2, 0.25) is 0 Å². The van der Waals surface area contributed by atoms with E-state index < -0.39 is 11.6 Å². The van der Waals surface area contributed by atoms with Crippen molar-refractivity contribution in [3.8, 4) is 11.1 Å². The number of fused-ring (bicyclic) bond motifs is 1. The number of aromatic amines is 1. The average molecular weight is 428 g/mol. The van der Waals surface area contributed by atoms with Gasteiger partial charge >= 0.3 is 5.97 Å². The molecule has 4 aromatic rings. The first-order chi connectivity index (χ1) is 15.3. The SMILES string of the molecule is CC(C)(C)OC(=O)c1cc2cc(-c3ccnc(C(=O)NCc4ccncc4)c3)ccc2[nH]1. The molecule has 162 valence electrons. The smallest absolute Gasteiger partial charge is 0.355 e. The molecule has 0 aliphatic heterocycles. The van der Waals surface area contributed by atoms with Gasteiger partial charge in [-0.2, -0.15) is 0 Å². The second kappa shape index (κ2) is 8.63. The fourth-order valence-electron chi connectivity index (χ4n) is 3.26. The normalized spacial score (nSPS) is 11.3. The van der Waals surface area contributed by atoms with Crippen LogP contribution in [0, 0.1) is 0 Å². The van der Waals surface area contributed by atoms with Crippen molar-refractivity contribution in [1.29, 1.82) is 0 Å². The number of benzene rings is 1. The molecule has 0 fully saturated rings. The summed E-state index contributed by atoms with van der Waals surface area (Å²) in [6.07, 6.45) is 4.99. The van der Waals surface area contributed by atoms with Crippen LogP contribution in [0.15, 0.2) is 67.1 Å². The van der Waals surface area contributed by atoms with Crippen LogP contribution >= 0.6 is 0 Å². The van der Waals surface area contributed by atoms with E-state index in [-0.39, 0.29) is 5.91 Å². The zero-order chi connectivity index (χ0) is 22.7. The van der Waals surface area contributed by atoms with E-state index in [2.05, 4.69) is 20.3 Å². The number of hydrogen-bond acceptors (Lipinski definition) is 5. The van der Waals surface area contributed by atoms with Crippen LogP contribution in [0.3, 0.4) is 0 Å². The highest BCUT2D eigenvalue weighted by Crippen LogP contribution is 2.26. The summed E-state index contributed by atoms with van der Waals surface area (Å²) in [6.45, 7) is 5.90. The van der Waals surface area contributed by atoms with Crippen LogP contribution in [-0.2, 0) is 11.3 Å². The third-order valence-electron chi connectivity index (χ3n) is 4.77. The van der Waals surface area contributed by atoms with Crippen LogP contribution in [0.5, 0.6) is 0 Å². The van der Waals surface area contributed by atoms with Gasteiger partial charge in [0, 0.05) is 36.0 Å². The number of rotatable bonds is 5. The van der Waals surface area contributed by atoms with E-state index in [4.69, 9.17) is 4.74 Å². The van der Waals surface area contributed by atoms with Crippen molar-refractivity contribution in [3.05, 3.63) is 84.1 Å². The maximum atomic E-state index is 12.6. The Bertz CT molecular complexity index is 1270. The Balaban J connectivity index is 1.53. The Morgan fingerprint density at radius 1 is 0.969 bits per heavy atom. The summed E-state index contributed by atoms with van der Waals surface area (Å²) in [5.74, 6) is -0.647. The van der Waals surface area contributed by atoms with Crippen molar-refractivity contribution in [2.45, 2.75) is 32.9 Å². The predicted octanol–water partition coefficient (Wildman–Crippen LogP) is 4.51. The van der Waals surface area contributed by atoms with Crippen LogP contribution in [-0.4, -0.2) is 32.4 Å². The first-order valence-electron chi connectivity index (χ1n) is 10.3. The van der Waals surface area contributed by atoms with Crippen molar-refractivity contribution in [3.63, 3.8) is 0 Å². The summed E-state index contributed by atoms with van der Waals surface area (Å²) in [7, 11) is 0. The average Bonchev–Trinajstić information content (AvgIpc) is 3.21. The van der Waals surface area contributed by atoms with Gasteiger partial charge < -0.3 is 15.0 Å². The molecular weight excluding hydrogens is 404 g/mol. The molecule has 1 aromatic carbocycles. The molecule has 0 aliphatic carbocycles. The van der Waals surface area contributed by atoms with Crippen molar-refractivity contribution < 1.29 is 14.3 Å². The molecule has 0 bridgehead atoms. The first-order valence-corrected chi connectivity index (χ1v) is 10.3. The van der Waals surface area contributed by atoms with Gasteiger partial charge in [-0.1, -0.05) is 6.07 Å². The Hall–Kier alpha value is -4.00. The molecular formula is C25H24N4O3. The van der Waals surface area contributed by atoms with Gasteiger partial charge in [0.25, 0.3) is 5.91 Å². The largest absolute Gasteiger partial charge is 0.455 e. The second-order valence-electron chi connectivity index (χ2n) is 8.45. The number of ether oxygens (including phenoxy) is 1. The number of hydrogen-bond donors (Lipinski definition) is 2. The highest BCUT2D eigenvalue weighted by atomic mass is 16.6. The van der Waals surface area contributed by atoms with Crippen LogP contribution in [0.2, 0.25) is 0 Å². The van der Waals surface area contributed by atoms with Gasteiger partial charge in [-0.15, -0.1) is 0 Å². The Morgan fingerprint density at radius 2 is 1.72 bits per heavy atom. The number of nitrogens with one attached hydrogen (secondary N) is 2. The van der Waals surface area contributed by atoms with Crippen molar-refractivity contribution >= 4 is 22.8 Å². The summed E-state index contributed by atoms with van der Waals surface area (Å²) in [5, 5.41) is 3.75. The van der Waals surface area contributed by atoms with Crippen LogP contribution in [0.25, 0.3) is 22.0 Å². The molecule has 4 rings (SSSR count). The summed E-state index contributed by atoms with van der Waals surface area (Å²) < 4.78 is 5.44. The Labute approximate surface area is 185 Å². The van der Waals surface area contributed by atoms with Gasteiger partial charge in [-0.05, 0) is 79.9 Å². The maximum Gasteiger partial charge on any atom is 0.355 e. The zero-order valence-electron chi connectivity index (χ0n) is 18.2. The molecule has 0 atom stereocenters. The lowest BCUT2D eigenvalue weighted by Gasteiger charge is -2.18. The van der Waals surface area contributed by atoms with E-state index in [0.29, 0.717) is 17.9 Å². The molecule has 0 radical (unpaired) electrons. The summed E-state index contributed by atoms with van der Waals surface area (Å²) in [4.78, 5) is 36.2. The number of aromatic nitrogens is 3. The van der Waals surface area contributed by atoms with Crippen LogP contribution < -0.4 is 5.32 Å². The quantitative estimate of drug-likeness (QED) is 0.456. The molecule has 1 amide bonds. The minimum absolute atomic E-state index is 0.251. The fourth-order valence-corrected chi connectivity index (χ4v) is 3.26. The first kappa shape index (κ1) is 21.2. The second-order valence-corrected chi connectivity index (χ2v) is 8.45. The Morgan fingerprint density at radius 3 is 2.47 bits per heavy atom. The fraction of sp³-hybridized carbons (Fsp3) is 0.200. The summed E-state index contributed by atoms with van der Waals surface area (Å²) >= 11 is 0. The van der Waals surface area contributed by atoms with E-state index in [1.807, 2.05) is 57.2 Å². The molecule has 0 saturated carbocycles. The molecule has 7 heteroatoms. The van der Waals surface area contributed by atoms with Crippen LogP contribution in [0.1, 0.15) is 47.3 Å². The third kappa shape index (κ3) is 5.00. The molecule has 0 spiro atoms. The standard InChI is InChI=1S/C25H24N4O3/c1-25(2,3)32-24(31)22-14-19-12-17(4-5-20(19)29-22)18-8-11-27-21(13-18)23(30)28-15-16-6-9-26-10-7-16/h4-14,29H,15H2,1-3H3,(H,28,30). The lowest BCUT2D eigenvalue weighted by Crippen LogP contribution is -2.24.